The van der Waals surface area contributed by atoms with E-state index in [4.69, 9.17) is 9.26 Å². The van der Waals surface area contributed by atoms with Crippen molar-refractivity contribution in [3.63, 3.8) is 0 Å². The van der Waals surface area contributed by atoms with Gasteiger partial charge in [0, 0.05) is 44.1 Å². The van der Waals surface area contributed by atoms with E-state index in [1.54, 1.807) is 7.11 Å². The second-order valence-electron chi connectivity index (χ2n) is 5.55. The van der Waals surface area contributed by atoms with E-state index in [2.05, 4.69) is 20.0 Å². The Morgan fingerprint density at radius 1 is 1.39 bits per heavy atom. The van der Waals surface area contributed by atoms with Gasteiger partial charge in [0.1, 0.15) is 18.2 Å². The number of ether oxygens (including phenoxy) is 1. The maximum Gasteiger partial charge on any atom is 0.220 e. The van der Waals surface area contributed by atoms with Gasteiger partial charge in [-0.15, -0.1) is 0 Å². The minimum Gasteiger partial charge on any atom is -0.377 e. The molecule has 0 aliphatic carbocycles. The molecule has 0 radical (unpaired) electrons. The molecular weight excluding hydrogens is 296 g/mol. The number of nitrogens with one attached hydrogen (secondary N) is 1. The standard InChI is InChI=1S/C16H24N4O3/c1-11-9-18-15(10-22-4)20(11)8-7-17-16(21)6-5-14-12(2)19-23-13(14)3/h9H,5-8,10H2,1-4H3,(H,17,21). The van der Waals surface area contributed by atoms with Crippen molar-refractivity contribution >= 4 is 5.91 Å². The number of methoxy groups -OCH3 is 1. The third-order valence-corrected chi connectivity index (χ3v) is 3.85. The molecule has 7 heteroatoms. The summed E-state index contributed by atoms with van der Waals surface area (Å²) in [5, 5.41) is 6.84. The monoisotopic (exact) mass is 320 g/mol. The van der Waals surface area contributed by atoms with Crippen LogP contribution in [0.1, 0.15) is 35.0 Å². The molecule has 0 aliphatic rings. The van der Waals surface area contributed by atoms with Crippen LogP contribution in [-0.2, 0) is 29.1 Å². The second kappa shape index (κ2) is 7.92. The van der Waals surface area contributed by atoms with Crippen molar-refractivity contribution in [3.05, 3.63) is 34.7 Å². The molecule has 0 atom stereocenters. The second-order valence-corrected chi connectivity index (χ2v) is 5.55. The van der Waals surface area contributed by atoms with Gasteiger partial charge in [0.05, 0.1) is 5.69 Å². The van der Waals surface area contributed by atoms with Crippen LogP contribution in [0.4, 0.5) is 0 Å². The molecule has 2 aromatic heterocycles. The summed E-state index contributed by atoms with van der Waals surface area (Å²) in [5.74, 6) is 1.68. The van der Waals surface area contributed by atoms with E-state index in [0.29, 0.717) is 32.5 Å². The highest BCUT2D eigenvalue weighted by Gasteiger charge is 2.11. The van der Waals surface area contributed by atoms with E-state index in [1.165, 1.54) is 0 Å². The molecule has 2 aromatic rings. The van der Waals surface area contributed by atoms with Crippen molar-refractivity contribution in [1.29, 1.82) is 0 Å². The van der Waals surface area contributed by atoms with Gasteiger partial charge in [-0.3, -0.25) is 4.79 Å². The molecular formula is C16H24N4O3. The maximum absolute atomic E-state index is 12.0. The van der Waals surface area contributed by atoms with Crippen LogP contribution < -0.4 is 5.32 Å². The fraction of sp³-hybridized carbons (Fsp3) is 0.562. The average Bonchev–Trinajstić information content (AvgIpc) is 3.02. The Morgan fingerprint density at radius 3 is 2.83 bits per heavy atom. The van der Waals surface area contributed by atoms with Crippen LogP contribution in [0.5, 0.6) is 0 Å². The Morgan fingerprint density at radius 2 is 2.17 bits per heavy atom. The summed E-state index contributed by atoms with van der Waals surface area (Å²) in [6.07, 6.45) is 2.89. The van der Waals surface area contributed by atoms with Gasteiger partial charge >= 0.3 is 0 Å². The molecule has 0 aliphatic heterocycles. The molecule has 0 aromatic carbocycles. The molecule has 7 nitrogen and oxygen atoms in total. The number of imidazole rings is 1. The molecule has 2 heterocycles. The van der Waals surface area contributed by atoms with Crippen molar-refractivity contribution in [1.82, 2.24) is 20.0 Å². The lowest BCUT2D eigenvalue weighted by atomic mass is 10.1. The normalized spacial score (nSPS) is 11.0. The van der Waals surface area contributed by atoms with Crippen LogP contribution in [0.3, 0.4) is 0 Å². The van der Waals surface area contributed by atoms with E-state index in [-0.39, 0.29) is 5.91 Å². The van der Waals surface area contributed by atoms with E-state index < -0.39 is 0 Å². The molecule has 0 bridgehead atoms. The topological polar surface area (TPSA) is 82.2 Å². The number of carbonyl (C=O) groups excluding carboxylic acids is 1. The minimum absolute atomic E-state index is 0.0241. The summed E-state index contributed by atoms with van der Waals surface area (Å²) >= 11 is 0. The lowest BCUT2D eigenvalue weighted by Gasteiger charge is -2.10. The van der Waals surface area contributed by atoms with Crippen LogP contribution in [-0.4, -0.2) is 34.3 Å². The summed E-state index contributed by atoms with van der Waals surface area (Å²) in [7, 11) is 1.64. The SMILES string of the molecule is COCc1ncc(C)n1CCNC(=O)CCc1c(C)noc1C. The van der Waals surface area contributed by atoms with Gasteiger partial charge in [0.15, 0.2) is 0 Å². The Kier molecular flexibility index (Phi) is 5.92. The zero-order valence-electron chi connectivity index (χ0n) is 14.2. The summed E-state index contributed by atoms with van der Waals surface area (Å²) in [4.78, 5) is 16.3. The fourth-order valence-electron chi connectivity index (χ4n) is 2.55. The highest BCUT2D eigenvalue weighted by molar-refractivity contribution is 5.76. The number of hydrogen-bond acceptors (Lipinski definition) is 5. The zero-order chi connectivity index (χ0) is 16.8. The van der Waals surface area contributed by atoms with Crippen LogP contribution in [0, 0.1) is 20.8 Å². The molecule has 0 saturated carbocycles. The van der Waals surface area contributed by atoms with Crippen LogP contribution >= 0.6 is 0 Å². The predicted molar refractivity (Wildman–Crippen MR) is 85.0 cm³/mol. The Hall–Kier alpha value is -2.15. The highest BCUT2D eigenvalue weighted by Crippen LogP contribution is 2.14. The molecule has 23 heavy (non-hydrogen) atoms. The first-order valence-corrected chi connectivity index (χ1v) is 7.71. The molecule has 2 rings (SSSR count). The van der Waals surface area contributed by atoms with Crippen LogP contribution in [0.15, 0.2) is 10.7 Å². The van der Waals surface area contributed by atoms with E-state index in [1.807, 2.05) is 27.0 Å². The van der Waals surface area contributed by atoms with Gasteiger partial charge in [-0.1, -0.05) is 5.16 Å². The van der Waals surface area contributed by atoms with E-state index in [9.17, 15) is 4.79 Å². The average molecular weight is 320 g/mol. The third-order valence-electron chi connectivity index (χ3n) is 3.85. The zero-order valence-corrected chi connectivity index (χ0v) is 14.2. The Balaban J connectivity index is 1.78. The summed E-state index contributed by atoms with van der Waals surface area (Å²) in [6.45, 7) is 7.46. The molecule has 0 fully saturated rings. The van der Waals surface area contributed by atoms with E-state index >= 15 is 0 Å². The Labute approximate surface area is 136 Å². The lowest BCUT2D eigenvalue weighted by molar-refractivity contribution is -0.121. The van der Waals surface area contributed by atoms with Gasteiger partial charge in [0.25, 0.3) is 0 Å². The van der Waals surface area contributed by atoms with Gasteiger partial charge in [0.2, 0.25) is 5.91 Å². The Bertz CT molecular complexity index is 641. The molecule has 1 N–H and O–H groups in total. The number of aryl methyl sites for hydroxylation is 3. The number of hydrogen-bond donors (Lipinski definition) is 1. The molecule has 0 saturated heterocycles. The molecule has 1 amide bonds. The van der Waals surface area contributed by atoms with Crippen molar-refractivity contribution in [3.8, 4) is 0 Å². The summed E-state index contributed by atoms with van der Waals surface area (Å²) < 4.78 is 12.3. The van der Waals surface area contributed by atoms with E-state index in [0.717, 1.165) is 28.5 Å². The number of rotatable bonds is 8. The van der Waals surface area contributed by atoms with Gasteiger partial charge < -0.3 is 19.1 Å². The van der Waals surface area contributed by atoms with Crippen LogP contribution in [0.2, 0.25) is 0 Å². The maximum atomic E-state index is 12.0. The molecule has 0 spiro atoms. The first-order chi connectivity index (χ1) is 11.0. The smallest absolute Gasteiger partial charge is 0.220 e. The largest absolute Gasteiger partial charge is 0.377 e. The van der Waals surface area contributed by atoms with Crippen molar-refractivity contribution in [2.24, 2.45) is 0 Å². The van der Waals surface area contributed by atoms with Gasteiger partial charge in [-0.25, -0.2) is 4.98 Å². The van der Waals surface area contributed by atoms with Crippen molar-refractivity contribution < 1.29 is 14.1 Å². The number of amides is 1. The first kappa shape index (κ1) is 17.2. The number of nitrogens with zero attached hydrogens (tertiary/aromatic N) is 3. The van der Waals surface area contributed by atoms with Crippen molar-refractivity contribution in [2.75, 3.05) is 13.7 Å². The minimum atomic E-state index is 0.0241. The third kappa shape index (κ3) is 4.41. The van der Waals surface area contributed by atoms with Gasteiger partial charge in [-0.2, -0.15) is 0 Å². The fourth-order valence-corrected chi connectivity index (χ4v) is 2.55. The lowest BCUT2D eigenvalue weighted by Crippen LogP contribution is -2.28. The van der Waals surface area contributed by atoms with Crippen molar-refractivity contribution in [2.45, 2.75) is 46.8 Å². The predicted octanol–water partition coefficient (Wildman–Crippen LogP) is 1.69. The summed E-state index contributed by atoms with van der Waals surface area (Å²) in [5.41, 5.74) is 2.93. The molecule has 126 valence electrons. The molecule has 0 unspecified atom stereocenters. The van der Waals surface area contributed by atoms with Gasteiger partial charge in [-0.05, 0) is 27.2 Å². The summed E-state index contributed by atoms with van der Waals surface area (Å²) in [6, 6.07) is 0. The quantitative estimate of drug-likeness (QED) is 0.800. The van der Waals surface area contributed by atoms with Crippen LogP contribution in [0.25, 0.3) is 0 Å². The number of aromatic nitrogens is 3. The highest BCUT2D eigenvalue weighted by atomic mass is 16.5. The first-order valence-electron chi connectivity index (χ1n) is 7.71. The number of carbonyl (C=O) groups is 1.